The van der Waals surface area contributed by atoms with Gasteiger partial charge in [0.15, 0.2) is 23.2 Å². The van der Waals surface area contributed by atoms with E-state index >= 15 is 0 Å². The van der Waals surface area contributed by atoms with E-state index in [-0.39, 0.29) is 36.4 Å². The fourth-order valence-corrected chi connectivity index (χ4v) is 4.99. The second-order valence-electron chi connectivity index (χ2n) is 10.9. The number of hydrogen-bond acceptors (Lipinski definition) is 6. The largest absolute Gasteiger partial charge is 0.496 e. The molecule has 2 heterocycles. The molecule has 0 spiro atoms. The predicted octanol–water partition coefficient (Wildman–Crippen LogP) is 3.54. The first kappa shape index (κ1) is 32.3. The molecule has 3 amide bonds. The van der Waals surface area contributed by atoms with Gasteiger partial charge in [-0.15, -0.1) is 0 Å². The number of carbonyl (C=O) groups is 4. The number of fused-ring (bicyclic) bond motifs is 1. The van der Waals surface area contributed by atoms with Gasteiger partial charge in [0.05, 0.1) is 13.2 Å². The summed E-state index contributed by atoms with van der Waals surface area (Å²) in [7, 11) is 1.49. The lowest BCUT2D eigenvalue weighted by Gasteiger charge is -2.25. The first-order valence-corrected chi connectivity index (χ1v) is 13.9. The Balaban J connectivity index is 1.53. The maximum atomic E-state index is 14.1. The molecule has 2 aromatic carbocycles. The van der Waals surface area contributed by atoms with Gasteiger partial charge in [0.25, 0.3) is 5.91 Å². The molecule has 0 unspecified atom stereocenters. The smallest absolute Gasteiger partial charge is 0.268 e. The number of nitrogens with one attached hydrogen (secondary N) is 4. The van der Waals surface area contributed by atoms with E-state index in [4.69, 9.17) is 9.47 Å². The minimum absolute atomic E-state index is 0.00341. The quantitative estimate of drug-likeness (QED) is 0.170. The van der Waals surface area contributed by atoms with Crippen molar-refractivity contribution in [2.75, 3.05) is 20.3 Å². The molecule has 44 heavy (non-hydrogen) atoms. The van der Waals surface area contributed by atoms with Crippen LogP contribution in [0, 0.1) is 35.1 Å². The lowest BCUT2D eigenvalue weighted by atomic mass is 9.95. The zero-order valence-electron chi connectivity index (χ0n) is 24.2. The number of carbonyl (C=O) groups excluding carboxylic acids is 4. The second kappa shape index (κ2) is 13.8. The number of aromatic amines is 1. The van der Waals surface area contributed by atoms with Gasteiger partial charge in [-0.05, 0) is 43.4 Å². The molecule has 236 valence electrons. The van der Waals surface area contributed by atoms with E-state index in [1.54, 1.807) is 24.3 Å². The normalized spacial score (nSPS) is 16.0. The van der Waals surface area contributed by atoms with Gasteiger partial charge in [-0.1, -0.05) is 19.9 Å². The molecule has 3 aromatic rings. The Bertz CT molecular complexity index is 1550. The first-order chi connectivity index (χ1) is 20.9. The Kier molecular flexibility index (Phi) is 10.1. The van der Waals surface area contributed by atoms with Crippen LogP contribution >= 0.6 is 0 Å². The van der Waals surface area contributed by atoms with Crippen molar-refractivity contribution in [3.8, 4) is 11.5 Å². The predicted molar refractivity (Wildman–Crippen MR) is 150 cm³/mol. The Hall–Kier alpha value is -4.62. The zero-order chi connectivity index (χ0) is 32.1. The van der Waals surface area contributed by atoms with Gasteiger partial charge in [-0.2, -0.15) is 8.78 Å². The van der Waals surface area contributed by atoms with E-state index in [9.17, 15) is 36.7 Å². The van der Waals surface area contributed by atoms with Gasteiger partial charge in [0.2, 0.25) is 23.4 Å². The van der Waals surface area contributed by atoms with Crippen molar-refractivity contribution >= 4 is 34.4 Å². The van der Waals surface area contributed by atoms with Crippen molar-refractivity contribution in [1.82, 2.24) is 20.9 Å². The molecule has 0 radical (unpaired) electrons. The van der Waals surface area contributed by atoms with Crippen LogP contribution in [0.2, 0.25) is 0 Å². The second-order valence-corrected chi connectivity index (χ2v) is 10.9. The summed E-state index contributed by atoms with van der Waals surface area (Å²) in [6.45, 7) is 2.91. The number of hydrogen-bond donors (Lipinski definition) is 4. The molecule has 1 saturated heterocycles. The number of halogens is 4. The lowest BCUT2D eigenvalue weighted by Crippen LogP contribution is -2.53. The van der Waals surface area contributed by atoms with Crippen LogP contribution in [0.3, 0.4) is 0 Å². The van der Waals surface area contributed by atoms with E-state index in [0.717, 1.165) is 0 Å². The van der Waals surface area contributed by atoms with E-state index in [2.05, 4.69) is 20.9 Å². The van der Waals surface area contributed by atoms with E-state index in [1.807, 2.05) is 13.8 Å². The molecule has 1 aromatic heterocycles. The monoisotopic (exact) mass is 620 g/mol. The maximum absolute atomic E-state index is 14.1. The minimum Gasteiger partial charge on any atom is -0.496 e. The summed E-state index contributed by atoms with van der Waals surface area (Å²) in [5.41, 5.74) is 0.784. The summed E-state index contributed by atoms with van der Waals surface area (Å²) in [6.07, 6.45) is 0.335. The van der Waals surface area contributed by atoms with Crippen molar-refractivity contribution in [3.05, 3.63) is 59.3 Å². The van der Waals surface area contributed by atoms with Crippen LogP contribution in [0.15, 0.2) is 30.3 Å². The third kappa shape index (κ3) is 7.29. The number of methoxy groups -OCH3 is 1. The van der Waals surface area contributed by atoms with Crippen LogP contribution in [0.5, 0.6) is 11.5 Å². The summed E-state index contributed by atoms with van der Waals surface area (Å²) in [6, 6.07) is 4.27. The van der Waals surface area contributed by atoms with Gasteiger partial charge in [0, 0.05) is 29.4 Å². The summed E-state index contributed by atoms with van der Waals surface area (Å²) >= 11 is 0. The van der Waals surface area contributed by atoms with Crippen molar-refractivity contribution in [3.63, 3.8) is 0 Å². The average molecular weight is 621 g/mol. The van der Waals surface area contributed by atoms with Crippen LogP contribution < -0.4 is 25.4 Å². The molecule has 0 saturated carbocycles. The molecule has 10 nitrogen and oxygen atoms in total. The molecule has 3 atom stereocenters. The molecule has 1 fully saturated rings. The van der Waals surface area contributed by atoms with Crippen LogP contribution in [0.1, 0.15) is 43.6 Å². The Morgan fingerprint density at radius 1 is 1.02 bits per heavy atom. The molecule has 0 bridgehead atoms. The summed E-state index contributed by atoms with van der Waals surface area (Å²) in [5.74, 6) is -11.4. The van der Waals surface area contributed by atoms with Crippen molar-refractivity contribution in [2.24, 2.45) is 11.8 Å². The number of aromatic nitrogens is 1. The number of amides is 3. The molecule has 1 aliphatic rings. The van der Waals surface area contributed by atoms with Gasteiger partial charge in [0.1, 0.15) is 24.1 Å². The number of benzene rings is 2. The highest BCUT2D eigenvalue weighted by atomic mass is 19.2. The SMILES string of the molecule is COc1cccc2[nH]c(C(=O)N[C@@H](CC(C)C)C(=O)N[C@@H](C[C@@H]3CCNC3=O)C(=O)COc3c(F)c(F)cc(F)c3F)cc12. The third-order valence-corrected chi connectivity index (χ3v) is 7.24. The highest BCUT2D eigenvalue weighted by molar-refractivity contribution is 6.02. The van der Waals surface area contributed by atoms with Crippen LogP contribution in [-0.4, -0.2) is 60.8 Å². The van der Waals surface area contributed by atoms with Crippen molar-refractivity contribution < 1.29 is 46.2 Å². The topological polar surface area (TPSA) is 139 Å². The van der Waals surface area contributed by atoms with Gasteiger partial charge >= 0.3 is 0 Å². The van der Waals surface area contributed by atoms with Crippen molar-refractivity contribution in [2.45, 2.75) is 45.2 Å². The van der Waals surface area contributed by atoms with Gasteiger partial charge in [-0.3, -0.25) is 19.2 Å². The standard InChI is InChI=1S/C30H32F4N4O6/c1-14(2)9-21(38-30(42)22-11-16-19(36-22)5-4-6-24(16)43-3)29(41)37-20(10-15-7-8-35-28(15)40)23(39)13-44-27-25(33)17(31)12-18(32)26(27)34/h4-6,11-12,14-15,20-21,36H,7-10,13H2,1-3H3,(H,35,40)(H,37,41)(H,38,42)/t15-,20-,21-/m0/s1. The first-order valence-electron chi connectivity index (χ1n) is 13.9. The summed E-state index contributed by atoms with van der Waals surface area (Å²) < 4.78 is 65.6. The van der Waals surface area contributed by atoms with Gasteiger partial charge in [-0.25, -0.2) is 8.78 Å². The minimum atomic E-state index is -1.83. The van der Waals surface area contributed by atoms with Crippen molar-refractivity contribution in [1.29, 1.82) is 0 Å². The molecule has 14 heteroatoms. The molecular weight excluding hydrogens is 588 g/mol. The van der Waals surface area contributed by atoms with Gasteiger partial charge < -0.3 is 30.4 Å². The number of ketones is 1. The van der Waals surface area contributed by atoms with E-state index in [0.29, 0.717) is 29.6 Å². The van der Waals surface area contributed by atoms with Crippen LogP contribution in [0.25, 0.3) is 10.9 Å². The number of H-pyrrole nitrogens is 1. The third-order valence-electron chi connectivity index (χ3n) is 7.24. The fraction of sp³-hybridized carbons (Fsp3) is 0.400. The average Bonchev–Trinajstić information content (AvgIpc) is 3.60. The van der Waals surface area contributed by atoms with E-state index in [1.165, 1.54) is 7.11 Å². The molecule has 1 aliphatic heterocycles. The molecule has 4 N–H and O–H groups in total. The highest BCUT2D eigenvalue weighted by Crippen LogP contribution is 2.28. The van der Waals surface area contributed by atoms with E-state index < -0.39 is 71.2 Å². The number of ether oxygens (including phenoxy) is 2. The molecule has 0 aliphatic carbocycles. The lowest BCUT2D eigenvalue weighted by molar-refractivity contribution is -0.131. The zero-order valence-corrected chi connectivity index (χ0v) is 24.2. The fourth-order valence-electron chi connectivity index (χ4n) is 4.99. The van der Waals surface area contributed by atoms with Crippen LogP contribution in [0.4, 0.5) is 17.6 Å². The Morgan fingerprint density at radius 2 is 1.73 bits per heavy atom. The Labute approximate surface area is 249 Å². The molecule has 4 rings (SSSR count). The maximum Gasteiger partial charge on any atom is 0.268 e. The number of rotatable bonds is 13. The van der Waals surface area contributed by atoms with Crippen LogP contribution in [-0.2, 0) is 14.4 Å². The summed E-state index contributed by atoms with van der Waals surface area (Å²) in [4.78, 5) is 55.1. The molecular formula is C30H32F4N4O6. The number of Topliss-reactive ketones (excluding diaryl/α,β-unsaturated/α-hetero) is 1. The Morgan fingerprint density at radius 3 is 2.34 bits per heavy atom. The highest BCUT2D eigenvalue weighted by Gasteiger charge is 2.34. The summed E-state index contributed by atoms with van der Waals surface area (Å²) in [5, 5.41) is 8.47.